The zero-order valence-electron chi connectivity index (χ0n) is 16.4. The highest BCUT2D eigenvalue weighted by Gasteiger charge is 2.36. The van der Waals surface area contributed by atoms with Crippen molar-refractivity contribution in [3.8, 4) is 17.0 Å². The third-order valence-corrected chi connectivity index (χ3v) is 4.29. The fraction of sp³-hybridized carbons (Fsp3) is 0.400. The zero-order valence-corrected chi connectivity index (χ0v) is 16.4. The molecule has 1 aliphatic heterocycles. The molecule has 1 unspecified atom stereocenters. The van der Waals surface area contributed by atoms with Crippen molar-refractivity contribution in [2.24, 2.45) is 0 Å². The molecule has 2 aromatic rings. The van der Waals surface area contributed by atoms with Gasteiger partial charge in [-0.25, -0.2) is 0 Å². The van der Waals surface area contributed by atoms with Crippen LogP contribution in [0.2, 0.25) is 0 Å². The summed E-state index contributed by atoms with van der Waals surface area (Å²) in [5, 5.41) is 0. The quantitative estimate of drug-likeness (QED) is 0.595. The Morgan fingerprint density at radius 2 is 2.07 bits per heavy atom. The van der Waals surface area contributed by atoms with Crippen LogP contribution in [0.25, 0.3) is 11.1 Å². The van der Waals surface area contributed by atoms with E-state index in [1.165, 1.54) is 18.1 Å². The molecule has 0 N–H and O–H groups in total. The van der Waals surface area contributed by atoms with Gasteiger partial charge in [0.15, 0.2) is 0 Å². The van der Waals surface area contributed by atoms with Gasteiger partial charge in [-0.15, -0.1) is 0 Å². The van der Waals surface area contributed by atoms with Crippen LogP contribution in [0.15, 0.2) is 24.4 Å². The molecule has 0 aliphatic carbocycles. The Balaban J connectivity index is 2.18. The number of methoxy groups -OCH3 is 1. The minimum absolute atomic E-state index is 0.00164. The third-order valence-electron chi connectivity index (χ3n) is 4.29. The molecule has 1 amide bonds. The number of aromatic nitrogens is 2. The van der Waals surface area contributed by atoms with Crippen LogP contribution in [0.5, 0.6) is 5.88 Å². The number of ether oxygens (including phenoxy) is 2. The monoisotopic (exact) mass is 387 g/mol. The minimum atomic E-state index is -0.806. The van der Waals surface area contributed by atoms with E-state index in [1.807, 2.05) is 0 Å². The molecule has 0 spiro atoms. The lowest BCUT2D eigenvalue weighted by atomic mass is 9.98. The number of hydrogen-bond donors (Lipinski definition) is 0. The first kappa shape index (κ1) is 19.7. The van der Waals surface area contributed by atoms with Gasteiger partial charge in [0, 0.05) is 17.8 Å². The van der Waals surface area contributed by atoms with Crippen LogP contribution >= 0.6 is 0 Å². The molecule has 7 nitrogen and oxygen atoms in total. The van der Waals surface area contributed by atoms with Crippen LogP contribution < -0.4 is 9.64 Å². The Morgan fingerprint density at radius 1 is 1.36 bits per heavy atom. The Hall–Kier alpha value is -3.03. The molecule has 3 heterocycles. The van der Waals surface area contributed by atoms with Gasteiger partial charge < -0.3 is 9.47 Å². The zero-order chi connectivity index (χ0) is 20.6. The summed E-state index contributed by atoms with van der Waals surface area (Å²) in [6.07, 6.45) is 1.54. The van der Waals surface area contributed by atoms with Crippen molar-refractivity contribution in [3.63, 3.8) is 0 Å². The van der Waals surface area contributed by atoms with Gasteiger partial charge in [0.1, 0.15) is 12.1 Å². The summed E-state index contributed by atoms with van der Waals surface area (Å²) in [6, 6.07) is 4.78. The number of esters is 1. The van der Waals surface area contributed by atoms with E-state index >= 15 is 0 Å². The van der Waals surface area contributed by atoms with Crippen molar-refractivity contribution in [1.82, 2.24) is 9.97 Å². The summed E-state index contributed by atoms with van der Waals surface area (Å²) in [7, 11) is 1.35. The second kappa shape index (κ2) is 7.18. The molecule has 1 aliphatic rings. The van der Waals surface area contributed by atoms with E-state index in [0.29, 0.717) is 11.3 Å². The fourth-order valence-electron chi connectivity index (χ4n) is 3.16. The van der Waals surface area contributed by atoms with Gasteiger partial charge in [-0.3, -0.25) is 19.5 Å². The van der Waals surface area contributed by atoms with Crippen LogP contribution in [-0.2, 0) is 14.3 Å². The Bertz CT molecular complexity index is 940. The maximum atomic E-state index is 14.9. The molecule has 0 bridgehead atoms. The molecule has 8 heteroatoms. The number of carbonyl (C=O) groups excluding carboxylic acids is 2. The highest BCUT2D eigenvalue weighted by atomic mass is 19.1. The third kappa shape index (κ3) is 3.67. The fourth-order valence-corrected chi connectivity index (χ4v) is 3.16. The molecule has 28 heavy (non-hydrogen) atoms. The first-order valence-electron chi connectivity index (χ1n) is 8.85. The number of anilines is 1. The van der Waals surface area contributed by atoms with Gasteiger partial charge in [0.05, 0.1) is 30.0 Å². The number of carbonyl (C=O) groups is 2. The van der Waals surface area contributed by atoms with Crippen LogP contribution in [0.4, 0.5) is 10.1 Å². The van der Waals surface area contributed by atoms with Crippen molar-refractivity contribution >= 4 is 17.6 Å². The Labute approximate surface area is 162 Å². The molecule has 1 atom stereocenters. The smallest absolute Gasteiger partial charge is 0.326 e. The molecule has 0 fully saturated rings. The number of pyridine rings is 2. The average Bonchev–Trinajstić information content (AvgIpc) is 2.70. The van der Waals surface area contributed by atoms with Gasteiger partial charge >= 0.3 is 5.97 Å². The topological polar surface area (TPSA) is 81.6 Å². The number of nitrogens with zero attached hydrogens (tertiary/aromatic N) is 3. The summed E-state index contributed by atoms with van der Waals surface area (Å²) in [5.74, 6) is -2.49. The van der Waals surface area contributed by atoms with E-state index in [2.05, 4.69) is 9.97 Å². The van der Waals surface area contributed by atoms with Crippen LogP contribution in [0.1, 0.15) is 39.3 Å². The molecule has 0 radical (unpaired) electrons. The standard InChI is InChI=1S/C20H22FN3O4/c1-11-17-12(7-6-8-22-17)16-13(9-14(27-5)23-18(16)21)24(19(11)26)10-15(25)28-20(2,3)4/h6-9,11H,10H2,1-5H3. The number of fused-ring (bicyclic) bond motifs is 3. The van der Waals surface area contributed by atoms with Gasteiger partial charge in [0.2, 0.25) is 17.7 Å². The van der Waals surface area contributed by atoms with E-state index in [0.717, 1.165) is 0 Å². The highest BCUT2D eigenvalue weighted by Crippen LogP contribution is 2.42. The van der Waals surface area contributed by atoms with Gasteiger partial charge in [-0.2, -0.15) is 9.37 Å². The average molecular weight is 387 g/mol. The lowest BCUT2D eigenvalue weighted by molar-refractivity contribution is -0.153. The first-order chi connectivity index (χ1) is 13.1. The normalized spacial score (nSPS) is 16.1. The second-order valence-corrected chi connectivity index (χ2v) is 7.52. The van der Waals surface area contributed by atoms with Crippen molar-refractivity contribution in [1.29, 1.82) is 0 Å². The molecule has 0 saturated heterocycles. The Kier molecular flexibility index (Phi) is 5.06. The summed E-state index contributed by atoms with van der Waals surface area (Å²) in [6.45, 7) is 6.51. The van der Waals surface area contributed by atoms with Gasteiger partial charge in [-0.1, -0.05) is 6.07 Å². The number of hydrogen-bond acceptors (Lipinski definition) is 6. The van der Waals surface area contributed by atoms with Crippen molar-refractivity contribution in [2.45, 2.75) is 39.2 Å². The highest BCUT2D eigenvalue weighted by molar-refractivity contribution is 6.07. The van der Waals surface area contributed by atoms with Crippen LogP contribution in [-0.4, -0.2) is 41.1 Å². The first-order valence-corrected chi connectivity index (χ1v) is 8.85. The molecular weight excluding hydrogens is 365 g/mol. The molecular formula is C20H22FN3O4. The summed E-state index contributed by atoms with van der Waals surface area (Å²) >= 11 is 0. The van der Waals surface area contributed by atoms with Gasteiger partial charge in [-0.05, 0) is 33.8 Å². The molecule has 2 aromatic heterocycles. The van der Waals surface area contributed by atoms with Crippen LogP contribution in [0.3, 0.4) is 0 Å². The maximum absolute atomic E-state index is 14.9. The van der Waals surface area contributed by atoms with E-state index in [4.69, 9.17) is 9.47 Å². The van der Waals surface area contributed by atoms with Crippen LogP contribution in [0, 0.1) is 5.95 Å². The maximum Gasteiger partial charge on any atom is 0.326 e. The Morgan fingerprint density at radius 3 is 2.71 bits per heavy atom. The molecule has 3 rings (SSSR count). The SMILES string of the molecule is COc1cc2c(c(F)n1)-c1cccnc1C(C)C(=O)N2CC(=O)OC(C)(C)C. The van der Waals surface area contributed by atoms with Crippen molar-refractivity contribution in [3.05, 3.63) is 36.0 Å². The van der Waals surface area contributed by atoms with E-state index < -0.39 is 29.3 Å². The second-order valence-electron chi connectivity index (χ2n) is 7.52. The van der Waals surface area contributed by atoms with E-state index in [1.54, 1.807) is 46.0 Å². The number of halogens is 1. The summed E-state index contributed by atoms with van der Waals surface area (Å²) in [4.78, 5) is 34.9. The van der Waals surface area contributed by atoms with Crippen molar-refractivity contribution in [2.75, 3.05) is 18.6 Å². The number of amides is 1. The lowest BCUT2D eigenvalue weighted by Crippen LogP contribution is -2.40. The van der Waals surface area contributed by atoms with E-state index in [9.17, 15) is 14.0 Å². The van der Waals surface area contributed by atoms with E-state index in [-0.39, 0.29) is 23.7 Å². The minimum Gasteiger partial charge on any atom is -0.481 e. The largest absolute Gasteiger partial charge is 0.481 e. The molecule has 148 valence electrons. The predicted octanol–water partition coefficient (Wildman–Crippen LogP) is 3.08. The lowest BCUT2D eigenvalue weighted by Gasteiger charge is -2.26. The van der Waals surface area contributed by atoms with Crippen molar-refractivity contribution < 1.29 is 23.5 Å². The summed E-state index contributed by atoms with van der Waals surface area (Å²) in [5.41, 5.74) is 0.458. The number of rotatable bonds is 3. The predicted molar refractivity (Wildman–Crippen MR) is 101 cm³/mol. The summed E-state index contributed by atoms with van der Waals surface area (Å²) < 4.78 is 25.4. The van der Waals surface area contributed by atoms with Gasteiger partial charge in [0.25, 0.3) is 0 Å². The molecule has 0 aromatic carbocycles. The molecule has 0 saturated carbocycles.